The van der Waals surface area contributed by atoms with Gasteiger partial charge in [0, 0.05) is 19.0 Å². The van der Waals surface area contributed by atoms with Gasteiger partial charge in [0.25, 0.3) is 0 Å². The lowest BCUT2D eigenvalue weighted by atomic mass is 9.98. The average molecular weight is 434 g/mol. The van der Waals surface area contributed by atoms with E-state index in [0.29, 0.717) is 13.1 Å². The van der Waals surface area contributed by atoms with Crippen molar-refractivity contribution in [3.8, 4) is 11.1 Å². The Bertz CT molecular complexity index is 1020. The molecular weight excluding hydrogens is 408 g/mol. The van der Waals surface area contributed by atoms with E-state index in [2.05, 4.69) is 11.9 Å². The molecule has 0 spiro atoms. The standard InChI is InChI=1S/C25H26N2O5/c1-16-7-6-12-27(14-16)24(30)22(13-23(28)29)26-25(31)32-15-21-19-10-4-2-8-17(19)18-9-3-5-11-20(18)21/h2-5,8-11,21-22H,1,6-7,12-15H2,(H,26,31)(H,28,29). The van der Waals surface area contributed by atoms with Gasteiger partial charge in [-0.3, -0.25) is 9.59 Å². The van der Waals surface area contributed by atoms with E-state index >= 15 is 0 Å². The van der Waals surface area contributed by atoms with Crippen molar-refractivity contribution in [2.75, 3.05) is 19.7 Å². The minimum absolute atomic E-state index is 0.0916. The summed E-state index contributed by atoms with van der Waals surface area (Å²) in [6.45, 7) is 4.90. The molecule has 0 saturated carbocycles. The molecule has 0 bridgehead atoms. The van der Waals surface area contributed by atoms with Crippen molar-refractivity contribution in [1.29, 1.82) is 0 Å². The SMILES string of the molecule is C=C1CCCN(C(=O)C(CC(=O)O)NC(=O)OCC2c3ccccc3-c3ccccc32)C1. The van der Waals surface area contributed by atoms with Gasteiger partial charge in [0.2, 0.25) is 5.91 Å². The molecule has 1 fully saturated rings. The lowest BCUT2D eigenvalue weighted by Crippen LogP contribution is -2.51. The summed E-state index contributed by atoms with van der Waals surface area (Å²) in [5.74, 6) is -1.72. The predicted molar refractivity (Wildman–Crippen MR) is 119 cm³/mol. The van der Waals surface area contributed by atoms with Crippen LogP contribution in [0.5, 0.6) is 0 Å². The summed E-state index contributed by atoms with van der Waals surface area (Å²) in [6.07, 6.45) is 0.302. The molecule has 7 heteroatoms. The van der Waals surface area contributed by atoms with Crippen molar-refractivity contribution >= 4 is 18.0 Å². The van der Waals surface area contributed by atoms with Crippen LogP contribution in [0.4, 0.5) is 4.79 Å². The van der Waals surface area contributed by atoms with Crippen LogP contribution in [0.2, 0.25) is 0 Å². The van der Waals surface area contributed by atoms with Crippen LogP contribution in [0.3, 0.4) is 0 Å². The number of fused-ring (bicyclic) bond motifs is 3. The molecule has 1 atom stereocenters. The zero-order valence-corrected chi connectivity index (χ0v) is 17.8. The number of carboxylic acids is 1. The number of ether oxygens (including phenoxy) is 1. The highest BCUT2D eigenvalue weighted by Crippen LogP contribution is 2.44. The second-order valence-corrected chi connectivity index (χ2v) is 8.23. The monoisotopic (exact) mass is 434 g/mol. The quantitative estimate of drug-likeness (QED) is 0.678. The highest BCUT2D eigenvalue weighted by molar-refractivity contribution is 5.89. The molecule has 166 valence electrons. The number of benzene rings is 2. The number of nitrogens with one attached hydrogen (secondary N) is 1. The maximum atomic E-state index is 12.9. The molecule has 2 aromatic carbocycles. The molecule has 2 N–H and O–H groups in total. The molecule has 2 amide bonds. The van der Waals surface area contributed by atoms with Gasteiger partial charge in [0.15, 0.2) is 0 Å². The van der Waals surface area contributed by atoms with Crippen molar-refractivity contribution in [2.45, 2.75) is 31.2 Å². The first-order chi connectivity index (χ1) is 15.4. The Hall–Kier alpha value is -3.61. The van der Waals surface area contributed by atoms with Crippen LogP contribution in [0.15, 0.2) is 60.7 Å². The van der Waals surface area contributed by atoms with Gasteiger partial charge in [0.1, 0.15) is 12.6 Å². The van der Waals surface area contributed by atoms with E-state index in [-0.39, 0.29) is 12.5 Å². The fourth-order valence-electron chi connectivity index (χ4n) is 4.51. The number of nitrogens with zero attached hydrogens (tertiary/aromatic N) is 1. The number of hydrogen-bond acceptors (Lipinski definition) is 4. The largest absolute Gasteiger partial charge is 0.481 e. The molecule has 1 aliphatic carbocycles. The van der Waals surface area contributed by atoms with Crippen LogP contribution < -0.4 is 5.32 Å². The first-order valence-electron chi connectivity index (χ1n) is 10.7. The van der Waals surface area contributed by atoms with Crippen molar-refractivity contribution in [2.24, 2.45) is 0 Å². The highest BCUT2D eigenvalue weighted by atomic mass is 16.5. The van der Waals surface area contributed by atoms with Crippen LogP contribution in [0.1, 0.15) is 36.3 Å². The van der Waals surface area contributed by atoms with Crippen molar-refractivity contribution < 1.29 is 24.2 Å². The summed E-state index contributed by atoms with van der Waals surface area (Å²) in [7, 11) is 0. The van der Waals surface area contributed by atoms with E-state index in [1.54, 1.807) is 4.90 Å². The summed E-state index contributed by atoms with van der Waals surface area (Å²) >= 11 is 0. The highest BCUT2D eigenvalue weighted by Gasteiger charge is 2.32. The van der Waals surface area contributed by atoms with E-state index in [9.17, 15) is 19.5 Å². The number of carbonyl (C=O) groups excluding carboxylic acids is 2. The Morgan fingerprint density at radius 1 is 1.09 bits per heavy atom. The first kappa shape index (κ1) is 21.6. The summed E-state index contributed by atoms with van der Waals surface area (Å²) in [6, 6.07) is 14.8. The predicted octanol–water partition coefficient (Wildman–Crippen LogP) is 3.55. The topological polar surface area (TPSA) is 95.9 Å². The number of carbonyl (C=O) groups is 3. The average Bonchev–Trinajstić information content (AvgIpc) is 3.10. The Balaban J connectivity index is 1.43. The first-order valence-corrected chi connectivity index (χ1v) is 10.7. The fourth-order valence-corrected chi connectivity index (χ4v) is 4.51. The minimum atomic E-state index is -1.19. The zero-order valence-electron chi connectivity index (χ0n) is 17.8. The Morgan fingerprint density at radius 2 is 1.72 bits per heavy atom. The normalized spacial score (nSPS) is 16.1. The second kappa shape index (κ2) is 9.26. The second-order valence-electron chi connectivity index (χ2n) is 8.23. The molecule has 7 nitrogen and oxygen atoms in total. The third kappa shape index (κ3) is 4.51. The van der Waals surface area contributed by atoms with E-state index in [4.69, 9.17) is 4.74 Å². The summed E-state index contributed by atoms with van der Waals surface area (Å²) in [5, 5.41) is 11.7. The van der Waals surface area contributed by atoms with Gasteiger partial charge in [-0.05, 0) is 35.1 Å². The van der Waals surface area contributed by atoms with Gasteiger partial charge >= 0.3 is 12.1 Å². The number of piperidine rings is 1. The van der Waals surface area contributed by atoms with E-state index in [0.717, 1.165) is 40.7 Å². The summed E-state index contributed by atoms with van der Waals surface area (Å²) in [5.41, 5.74) is 5.29. The number of carboxylic acid groups (broad SMARTS) is 1. The molecule has 0 radical (unpaired) electrons. The Labute approximate surface area is 186 Å². The third-order valence-electron chi connectivity index (χ3n) is 6.00. The fraction of sp³-hybridized carbons (Fsp3) is 0.320. The van der Waals surface area contributed by atoms with Crippen LogP contribution in [-0.2, 0) is 14.3 Å². The van der Waals surface area contributed by atoms with Gasteiger partial charge in [-0.15, -0.1) is 0 Å². The Morgan fingerprint density at radius 3 is 2.31 bits per heavy atom. The smallest absolute Gasteiger partial charge is 0.407 e. The van der Waals surface area contributed by atoms with Crippen LogP contribution >= 0.6 is 0 Å². The van der Waals surface area contributed by atoms with E-state index in [1.165, 1.54) is 0 Å². The minimum Gasteiger partial charge on any atom is -0.481 e. The Kier molecular flexibility index (Phi) is 6.25. The molecule has 1 saturated heterocycles. The zero-order chi connectivity index (χ0) is 22.7. The van der Waals surface area contributed by atoms with Gasteiger partial charge in [-0.1, -0.05) is 60.7 Å². The number of amides is 2. The van der Waals surface area contributed by atoms with Gasteiger partial charge in [-0.25, -0.2) is 4.79 Å². The van der Waals surface area contributed by atoms with Crippen LogP contribution in [-0.4, -0.2) is 53.7 Å². The molecule has 2 aliphatic rings. The molecule has 0 aromatic heterocycles. The van der Waals surface area contributed by atoms with E-state index in [1.807, 2.05) is 48.5 Å². The maximum Gasteiger partial charge on any atom is 0.407 e. The lowest BCUT2D eigenvalue weighted by Gasteiger charge is -2.31. The summed E-state index contributed by atoms with van der Waals surface area (Å²) < 4.78 is 5.48. The van der Waals surface area contributed by atoms with Gasteiger partial charge in [0.05, 0.1) is 6.42 Å². The number of aliphatic carboxylic acids is 1. The van der Waals surface area contributed by atoms with E-state index < -0.39 is 30.4 Å². The maximum absolute atomic E-state index is 12.9. The molecule has 1 aliphatic heterocycles. The summed E-state index contributed by atoms with van der Waals surface area (Å²) in [4.78, 5) is 38.3. The number of alkyl carbamates (subject to hydrolysis) is 1. The van der Waals surface area contributed by atoms with Crippen LogP contribution in [0.25, 0.3) is 11.1 Å². The van der Waals surface area contributed by atoms with Crippen molar-refractivity contribution in [1.82, 2.24) is 10.2 Å². The number of hydrogen-bond donors (Lipinski definition) is 2. The molecule has 4 rings (SSSR count). The molecule has 2 aromatic rings. The lowest BCUT2D eigenvalue weighted by molar-refractivity contribution is -0.142. The molecule has 1 heterocycles. The van der Waals surface area contributed by atoms with Gasteiger partial charge < -0.3 is 20.1 Å². The van der Waals surface area contributed by atoms with Crippen molar-refractivity contribution in [3.63, 3.8) is 0 Å². The molecular formula is C25H26N2O5. The van der Waals surface area contributed by atoms with Crippen molar-refractivity contribution in [3.05, 3.63) is 71.8 Å². The molecule has 32 heavy (non-hydrogen) atoms. The number of likely N-dealkylation sites (tertiary alicyclic amines) is 1. The third-order valence-corrected chi connectivity index (χ3v) is 6.00. The van der Waals surface area contributed by atoms with Gasteiger partial charge in [-0.2, -0.15) is 0 Å². The molecule has 1 unspecified atom stereocenters. The number of rotatable bonds is 6. The van der Waals surface area contributed by atoms with Crippen LogP contribution in [0, 0.1) is 0 Å².